The van der Waals surface area contributed by atoms with Crippen LogP contribution in [0.1, 0.15) is 18.1 Å². The Bertz CT molecular complexity index is 943. The van der Waals surface area contributed by atoms with Crippen LogP contribution in [0, 0.1) is 0 Å². The van der Waals surface area contributed by atoms with Gasteiger partial charge in [0.15, 0.2) is 0 Å². The third-order valence-corrected chi connectivity index (χ3v) is 4.59. The van der Waals surface area contributed by atoms with Gasteiger partial charge in [0.2, 0.25) is 5.91 Å². The molecule has 0 unspecified atom stereocenters. The largest absolute Gasteiger partial charge is 0.465 e. The summed E-state index contributed by atoms with van der Waals surface area (Å²) in [5, 5.41) is 1.05. The molecule has 1 atom stereocenters. The molecule has 29 heavy (non-hydrogen) atoms. The molecule has 1 amide bonds. The van der Waals surface area contributed by atoms with Gasteiger partial charge in [-0.2, -0.15) is 0 Å². The number of rotatable bonds is 8. The van der Waals surface area contributed by atoms with Crippen molar-refractivity contribution in [3.8, 4) is 0 Å². The topological polar surface area (TPSA) is 88.4 Å². The molecule has 0 aliphatic rings. The van der Waals surface area contributed by atoms with Crippen LogP contribution < -0.4 is 5.73 Å². The highest BCUT2D eigenvalue weighted by molar-refractivity contribution is 5.88. The van der Waals surface area contributed by atoms with Crippen molar-refractivity contribution in [3.63, 3.8) is 0 Å². The van der Waals surface area contributed by atoms with E-state index in [1.807, 2.05) is 60.8 Å². The van der Waals surface area contributed by atoms with Crippen LogP contribution in [0.5, 0.6) is 0 Å². The van der Waals surface area contributed by atoms with Crippen LogP contribution >= 0.6 is 12.4 Å². The number of H-pyrrole nitrogens is 1. The van der Waals surface area contributed by atoms with Crippen LogP contribution in [0.3, 0.4) is 0 Å². The smallest absolute Gasteiger partial charge is 0.325 e. The first-order valence-corrected chi connectivity index (χ1v) is 9.37. The Kier molecular flexibility index (Phi) is 8.24. The summed E-state index contributed by atoms with van der Waals surface area (Å²) in [5.41, 5.74) is 9.16. The molecule has 3 aromatic rings. The third kappa shape index (κ3) is 5.82. The predicted molar refractivity (Wildman–Crippen MR) is 116 cm³/mol. The Labute approximate surface area is 176 Å². The highest BCUT2D eigenvalue weighted by Gasteiger charge is 2.25. The summed E-state index contributed by atoms with van der Waals surface area (Å²) in [6.07, 6.45) is 2.27. The first kappa shape index (κ1) is 22.5. The van der Waals surface area contributed by atoms with Crippen LogP contribution in [0.4, 0.5) is 0 Å². The molecule has 1 heterocycles. The highest BCUT2D eigenvalue weighted by atomic mass is 35.5. The average molecular weight is 416 g/mol. The van der Waals surface area contributed by atoms with E-state index in [0.717, 1.165) is 22.0 Å². The number of nitrogens with one attached hydrogen (secondary N) is 1. The van der Waals surface area contributed by atoms with E-state index in [9.17, 15) is 9.59 Å². The van der Waals surface area contributed by atoms with Crippen LogP contribution in [0.15, 0.2) is 60.8 Å². The van der Waals surface area contributed by atoms with Crippen molar-refractivity contribution in [1.29, 1.82) is 0 Å². The van der Waals surface area contributed by atoms with Gasteiger partial charge in [0.05, 0.1) is 12.6 Å². The lowest BCUT2D eigenvalue weighted by Crippen LogP contribution is -2.46. The van der Waals surface area contributed by atoms with Crippen LogP contribution in [0.25, 0.3) is 10.9 Å². The molecule has 0 aliphatic heterocycles. The van der Waals surface area contributed by atoms with E-state index in [2.05, 4.69) is 4.98 Å². The molecule has 0 spiro atoms. The molecule has 0 saturated carbocycles. The van der Waals surface area contributed by atoms with Crippen molar-refractivity contribution < 1.29 is 14.3 Å². The van der Waals surface area contributed by atoms with Crippen LogP contribution in [-0.2, 0) is 27.3 Å². The molecule has 0 saturated heterocycles. The first-order chi connectivity index (χ1) is 13.6. The normalized spacial score (nSPS) is 11.5. The molecule has 6 nitrogen and oxygen atoms in total. The Morgan fingerprint density at radius 1 is 1.10 bits per heavy atom. The lowest BCUT2D eigenvalue weighted by atomic mass is 10.0. The Morgan fingerprint density at radius 3 is 2.52 bits per heavy atom. The van der Waals surface area contributed by atoms with E-state index in [0.29, 0.717) is 13.0 Å². The fourth-order valence-electron chi connectivity index (χ4n) is 3.24. The van der Waals surface area contributed by atoms with Crippen molar-refractivity contribution in [2.45, 2.75) is 25.9 Å². The van der Waals surface area contributed by atoms with E-state index in [-0.39, 0.29) is 31.5 Å². The number of aromatic amines is 1. The van der Waals surface area contributed by atoms with Gasteiger partial charge in [-0.15, -0.1) is 12.4 Å². The summed E-state index contributed by atoms with van der Waals surface area (Å²) in [5.74, 6) is -0.715. The molecular weight excluding hydrogens is 390 g/mol. The number of esters is 1. The number of benzene rings is 2. The summed E-state index contributed by atoms with van der Waals surface area (Å²) in [6.45, 7) is 2.20. The van der Waals surface area contributed by atoms with Gasteiger partial charge in [0, 0.05) is 23.6 Å². The molecule has 2 aromatic carbocycles. The number of para-hydroxylation sites is 1. The Morgan fingerprint density at radius 2 is 1.79 bits per heavy atom. The van der Waals surface area contributed by atoms with Gasteiger partial charge in [0.1, 0.15) is 6.54 Å². The molecule has 0 bridgehead atoms. The second-order valence-corrected chi connectivity index (χ2v) is 6.66. The molecule has 0 aliphatic carbocycles. The molecular formula is C22H26ClN3O3. The van der Waals surface area contributed by atoms with Gasteiger partial charge in [-0.3, -0.25) is 9.59 Å². The average Bonchev–Trinajstić information content (AvgIpc) is 3.11. The summed E-state index contributed by atoms with van der Waals surface area (Å²) in [6, 6.07) is 16.7. The van der Waals surface area contributed by atoms with Gasteiger partial charge in [-0.05, 0) is 30.5 Å². The van der Waals surface area contributed by atoms with E-state index < -0.39 is 12.0 Å². The fourth-order valence-corrected chi connectivity index (χ4v) is 3.24. The van der Waals surface area contributed by atoms with E-state index in [1.165, 1.54) is 4.90 Å². The standard InChI is InChI=1S/C22H25N3O3.ClH/c1-2-28-21(26)15-25(14-16-8-4-3-5-9-16)22(27)19(23)12-17-13-24-20-11-7-6-10-18(17)20;/h3-11,13,19,24H,2,12,14-15,23H2,1H3;1H/t19-;/m1./s1. The molecule has 3 rings (SSSR count). The van der Waals surface area contributed by atoms with E-state index >= 15 is 0 Å². The summed E-state index contributed by atoms with van der Waals surface area (Å²) in [7, 11) is 0. The summed E-state index contributed by atoms with van der Waals surface area (Å²) < 4.78 is 5.02. The maximum absolute atomic E-state index is 13.0. The molecule has 0 fully saturated rings. The minimum absolute atomic E-state index is 0. The van der Waals surface area contributed by atoms with Crippen molar-refractivity contribution in [2.75, 3.05) is 13.2 Å². The number of hydrogen-bond acceptors (Lipinski definition) is 4. The Balaban J connectivity index is 0.00000300. The Hall–Kier alpha value is -2.83. The fraction of sp³-hybridized carbons (Fsp3) is 0.273. The molecule has 3 N–H and O–H groups in total. The number of carbonyl (C=O) groups excluding carboxylic acids is 2. The number of hydrogen-bond donors (Lipinski definition) is 2. The zero-order valence-electron chi connectivity index (χ0n) is 16.3. The van der Waals surface area contributed by atoms with Gasteiger partial charge >= 0.3 is 5.97 Å². The van der Waals surface area contributed by atoms with Gasteiger partial charge in [-0.25, -0.2) is 0 Å². The number of fused-ring (bicyclic) bond motifs is 1. The van der Waals surface area contributed by atoms with E-state index in [1.54, 1.807) is 6.92 Å². The number of aromatic nitrogens is 1. The van der Waals surface area contributed by atoms with Gasteiger partial charge in [-0.1, -0.05) is 48.5 Å². The molecule has 1 aromatic heterocycles. The highest BCUT2D eigenvalue weighted by Crippen LogP contribution is 2.19. The predicted octanol–water partition coefficient (Wildman–Crippen LogP) is 3.05. The zero-order chi connectivity index (χ0) is 19.9. The van der Waals surface area contributed by atoms with Crippen molar-refractivity contribution in [3.05, 3.63) is 71.9 Å². The molecule has 154 valence electrons. The van der Waals surface area contributed by atoms with Gasteiger partial charge < -0.3 is 20.4 Å². The second kappa shape index (κ2) is 10.6. The lowest BCUT2D eigenvalue weighted by Gasteiger charge is -2.25. The lowest BCUT2D eigenvalue weighted by molar-refractivity contribution is -0.149. The van der Waals surface area contributed by atoms with Crippen molar-refractivity contribution in [1.82, 2.24) is 9.88 Å². The van der Waals surface area contributed by atoms with Crippen molar-refractivity contribution in [2.24, 2.45) is 5.73 Å². The van der Waals surface area contributed by atoms with Crippen LogP contribution in [0.2, 0.25) is 0 Å². The number of nitrogens with two attached hydrogens (primary N) is 1. The van der Waals surface area contributed by atoms with Crippen molar-refractivity contribution >= 4 is 35.2 Å². The molecule has 7 heteroatoms. The van der Waals surface area contributed by atoms with E-state index in [4.69, 9.17) is 10.5 Å². The first-order valence-electron chi connectivity index (χ1n) is 9.37. The number of nitrogens with zero attached hydrogens (tertiary/aromatic N) is 1. The minimum Gasteiger partial charge on any atom is -0.465 e. The summed E-state index contributed by atoms with van der Waals surface area (Å²) >= 11 is 0. The number of amides is 1. The number of carbonyl (C=O) groups is 2. The quantitative estimate of drug-likeness (QED) is 0.553. The SMILES string of the molecule is CCOC(=O)CN(Cc1ccccc1)C(=O)[C@H](N)Cc1c[nH]c2ccccc12.Cl. The van der Waals surface area contributed by atoms with Crippen LogP contribution in [-0.4, -0.2) is 41.0 Å². The summed E-state index contributed by atoms with van der Waals surface area (Å²) in [4.78, 5) is 29.7. The second-order valence-electron chi connectivity index (χ2n) is 6.66. The zero-order valence-corrected chi connectivity index (χ0v) is 17.2. The maximum atomic E-state index is 13.0. The monoisotopic (exact) mass is 415 g/mol. The maximum Gasteiger partial charge on any atom is 0.325 e. The molecule has 0 radical (unpaired) electrons. The number of halogens is 1. The minimum atomic E-state index is -0.752. The third-order valence-electron chi connectivity index (χ3n) is 4.59. The van der Waals surface area contributed by atoms with Gasteiger partial charge in [0.25, 0.3) is 0 Å². The number of ether oxygens (including phenoxy) is 1.